The van der Waals surface area contributed by atoms with Crippen LogP contribution in [0.3, 0.4) is 0 Å². The summed E-state index contributed by atoms with van der Waals surface area (Å²) in [5.41, 5.74) is 0.0946. The number of nitrogens with two attached hydrogens (primary N) is 2. The molecule has 0 saturated heterocycles. The topological polar surface area (TPSA) is 123 Å². The average molecular weight is 266 g/mol. The number of guanidine groups is 1. The predicted octanol–water partition coefficient (Wildman–Crippen LogP) is -0.813. The Morgan fingerprint density at radius 2 is 2.25 bits per heavy atom. The number of aromatic nitrogens is 2. The molecule has 0 aromatic carbocycles. The third kappa shape index (κ3) is 3.85. The summed E-state index contributed by atoms with van der Waals surface area (Å²) in [4.78, 5) is 18.9. The summed E-state index contributed by atoms with van der Waals surface area (Å²) in [5, 5.41) is 5.39. The normalized spacial score (nSPS) is 10.2. The van der Waals surface area contributed by atoms with E-state index < -0.39 is 5.91 Å². The highest BCUT2D eigenvalue weighted by Gasteiger charge is 2.12. The lowest BCUT2D eigenvalue weighted by Crippen LogP contribution is -2.43. The van der Waals surface area contributed by atoms with E-state index in [1.54, 1.807) is 0 Å². The molecule has 1 heterocycles. The highest BCUT2D eigenvalue weighted by molar-refractivity contribution is 6.23. The van der Waals surface area contributed by atoms with Crippen LogP contribution in [-0.2, 0) is 0 Å². The van der Waals surface area contributed by atoms with E-state index in [9.17, 15) is 4.79 Å². The van der Waals surface area contributed by atoms with Crippen LogP contribution < -0.4 is 17.0 Å². The van der Waals surface area contributed by atoms with E-state index in [0.717, 1.165) is 0 Å². The summed E-state index contributed by atoms with van der Waals surface area (Å²) in [7, 11) is 0. The lowest BCUT2D eigenvalue weighted by atomic mass is 10.4. The third-order valence-electron chi connectivity index (χ3n) is 1.35. The number of carbonyl (C=O) groups is 1. The first-order valence-electron chi connectivity index (χ1n) is 3.71. The fraction of sp³-hybridized carbons (Fsp3) is 0. The number of nitrogens with zero attached hydrogens (tertiary/aromatic N) is 4. The van der Waals surface area contributed by atoms with Gasteiger partial charge in [0.2, 0.25) is 0 Å². The monoisotopic (exact) mass is 265 g/mol. The number of hydrazone groups is 1. The Kier molecular flexibility index (Phi) is 6.08. The van der Waals surface area contributed by atoms with Gasteiger partial charge in [-0.25, -0.2) is 10.8 Å². The number of rotatable bonds is 1. The molecule has 5 N–H and O–H groups in total. The molecule has 0 radical (unpaired) electrons. The fourth-order valence-electron chi connectivity index (χ4n) is 0.723. The summed E-state index contributed by atoms with van der Waals surface area (Å²) >= 11 is 5.33. The lowest BCUT2D eigenvalue weighted by molar-refractivity contribution is 0.0968. The molecule has 16 heavy (non-hydrogen) atoms. The Labute approximate surface area is 102 Å². The van der Waals surface area contributed by atoms with Crippen LogP contribution in [0, 0.1) is 0 Å². The molecule has 1 aromatic rings. The Morgan fingerprint density at radius 1 is 1.56 bits per heavy atom. The zero-order chi connectivity index (χ0) is 11.3. The van der Waals surface area contributed by atoms with Gasteiger partial charge < -0.3 is 5.84 Å². The highest BCUT2D eigenvalue weighted by Crippen LogP contribution is 1.91. The number of hydrogen-bond acceptors (Lipinski definition) is 6. The van der Waals surface area contributed by atoms with Crippen molar-refractivity contribution in [1.29, 1.82) is 0 Å². The van der Waals surface area contributed by atoms with Crippen molar-refractivity contribution >= 4 is 36.1 Å². The van der Waals surface area contributed by atoms with E-state index in [-0.39, 0.29) is 24.1 Å². The van der Waals surface area contributed by atoms with Crippen molar-refractivity contribution in [1.82, 2.24) is 19.8 Å². The van der Waals surface area contributed by atoms with Gasteiger partial charge in [-0.05, 0) is 0 Å². The molecule has 0 aliphatic carbocycles. The molecule has 0 saturated carbocycles. The van der Waals surface area contributed by atoms with Crippen LogP contribution in [0.15, 0.2) is 23.7 Å². The molecule has 88 valence electrons. The van der Waals surface area contributed by atoms with Crippen LogP contribution in [0.5, 0.6) is 0 Å². The molecular weight excluding hydrogens is 257 g/mol. The van der Waals surface area contributed by atoms with Crippen LogP contribution >= 0.6 is 24.2 Å². The number of halogens is 2. The first kappa shape index (κ1) is 14.4. The molecule has 0 spiro atoms. The van der Waals surface area contributed by atoms with E-state index in [1.165, 1.54) is 18.6 Å². The molecule has 8 nitrogen and oxygen atoms in total. The summed E-state index contributed by atoms with van der Waals surface area (Å²) in [5.74, 6) is 9.27. The van der Waals surface area contributed by atoms with E-state index in [0.29, 0.717) is 4.53 Å². The lowest BCUT2D eigenvalue weighted by Gasteiger charge is -2.10. The Bertz CT molecular complexity index is 368. The Hall–Kier alpha value is -1.64. The molecule has 1 aromatic heterocycles. The van der Waals surface area contributed by atoms with Gasteiger partial charge in [-0.2, -0.15) is 4.53 Å². The first-order chi connectivity index (χ1) is 7.15. The molecule has 0 unspecified atom stereocenters. The van der Waals surface area contributed by atoms with Crippen molar-refractivity contribution in [2.75, 3.05) is 0 Å². The van der Waals surface area contributed by atoms with E-state index in [1.807, 2.05) is 0 Å². The molecule has 10 heteroatoms. The molecule has 0 bridgehead atoms. The van der Waals surface area contributed by atoms with E-state index in [4.69, 9.17) is 23.5 Å². The van der Waals surface area contributed by atoms with Crippen molar-refractivity contribution in [2.45, 2.75) is 0 Å². The van der Waals surface area contributed by atoms with Crippen LogP contribution in [-0.4, -0.2) is 26.4 Å². The number of carbonyl (C=O) groups excluding carboxylic acids is 1. The maximum atomic E-state index is 11.4. The first-order valence-corrected chi connectivity index (χ1v) is 4.05. The molecular formula is C6H9Cl2N7O. The molecule has 1 rings (SSSR count). The van der Waals surface area contributed by atoms with Gasteiger partial charge in [-0.3, -0.25) is 15.1 Å². The summed E-state index contributed by atoms with van der Waals surface area (Å²) < 4.78 is 0.550. The molecule has 0 atom stereocenters. The molecule has 0 fully saturated rings. The number of nitrogens with one attached hydrogen (secondary N) is 1. The van der Waals surface area contributed by atoms with Gasteiger partial charge in [-0.1, -0.05) is 0 Å². The van der Waals surface area contributed by atoms with Crippen molar-refractivity contribution < 1.29 is 4.79 Å². The second-order valence-corrected chi connectivity index (χ2v) is 2.67. The molecule has 0 aliphatic rings. The van der Waals surface area contributed by atoms with Crippen molar-refractivity contribution in [3.8, 4) is 0 Å². The summed E-state index contributed by atoms with van der Waals surface area (Å²) in [6, 6.07) is 0. The average Bonchev–Trinajstić information content (AvgIpc) is 2.26. The minimum atomic E-state index is -0.566. The van der Waals surface area contributed by atoms with E-state index in [2.05, 4.69) is 20.4 Å². The van der Waals surface area contributed by atoms with Gasteiger partial charge >= 0.3 is 0 Å². The fourth-order valence-corrected chi connectivity index (χ4v) is 0.809. The van der Waals surface area contributed by atoms with Crippen LogP contribution in [0.25, 0.3) is 0 Å². The summed E-state index contributed by atoms with van der Waals surface area (Å²) in [6.07, 6.45) is 4.08. The number of hydrogen-bond donors (Lipinski definition) is 3. The Balaban J connectivity index is 0.00000225. The zero-order valence-corrected chi connectivity index (χ0v) is 9.44. The number of amides is 1. The maximum Gasteiger partial charge on any atom is 0.278 e. The van der Waals surface area contributed by atoms with Crippen LogP contribution in [0.1, 0.15) is 10.5 Å². The van der Waals surface area contributed by atoms with Crippen molar-refractivity contribution in [3.63, 3.8) is 0 Å². The molecule has 1 amide bonds. The van der Waals surface area contributed by atoms with Gasteiger partial charge in [0.25, 0.3) is 11.9 Å². The zero-order valence-electron chi connectivity index (χ0n) is 7.87. The standard InChI is InChI=1S/C6H8ClN7O.ClH/c7-14(9)6(13-8)12-5(15)4-3-10-1-2-11-4;/h1-3H,8-9H2,(H,12,13,15);1H. The minimum Gasteiger partial charge on any atom is -0.320 e. The summed E-state index contributed by atoms with van der Waals surface area (Å²) in [6.45, 7) is 0. The second-order valence-electron chi connectivity index (χ2n) is 2.31. The van der Waals surface area contributed by atoms with Gasteiger partial charge in [0, 0.05) is 24.2 Å². The van der Waals surface area contributed by atoms with Gasteiger partial charge in [-0.15, -0.1) is 17.5 Å². The van der Waals surface area contributed by atoms with Gasteiger partial charge in [0.05, 0.1) is 6.20 Å². The van der Waals surface area contributed by atoms with Crippen molar-refractivity contribution in [2.24, 2.45) is 16.8 Å². The van der Waals surface area contributed by atoms with Crippen LogP contribution in [0.2, 0.25) is 0 Å². The second kappa shape index (κ2) is 6.77. The smallest absolute Gasteiger partial charge is 0.278 e. The van der Waals surface area contributed by atoms with Gasteiger partial charge in [0.15, 0.2) is 0 Å². The Morgan fingerprint density at radius 3 is 2.69 bits per heavy atom. The third-order valence-corrected chi connectivity index (χ3v) is 1.51. The number of hydrazine groups is 1. The van der Waals surface area contributed by atoms with Crippen molar-refractivity contribution in [3.05, 3.63) is 24.3 Å². The van der Waals surface area contributed by atoms with Gasteiger partial charge in [0.1, 0.15) is 5.69 Å². The largest absolute Gasteiger partial charge is 0.320 e. The van der Waals surface area contributed by atoms with Crippen LogP contribution in [0.4, 0.5) is 0 Å². The molecule has 0 aliphatic heterocycles. The predicted molar refractivity (Wildman–Crippen MR) is 60.2 cm³/mol. The van der Waals surface area contributed by atoms with E-state index >= 15 is 0 Å². The SMILES string of the molecule is Cl.N/N=C(/NC(=O)c1cnccn1)N(N)Cl. The quantitative estimate of drug-likeness (QED) is 0.201. The highest BCUT2D eigenvalue weighted by atomic mass is 35.5. The minimum absolute atomic E-state index is 0. The maximum absolute atomic E-state index is 11.4.